The van der Waals surface area contributed by atoms with Crippen LogP contribution >= 0.6 is 0 Å². The maximum atomic E-state index is 8.87. The van der Waals surface area contributed by atoms with Crippen molar-refractivity contribution in [2.45, 2.75) is 6.61 Å². The lowest BCUT2D eigenvalue weighted by Crippen LogP contribution is -2.11. The van der Waals surface area contributed by atoms with Gasteiger partial charge in [-0.05, 0) is 12.1 Å². The summed E-state index contributed by atoms with van der Waals surface area (Å²) in [4.78, 5) is 10.3. The van der Waals surface area contributed by atoms with Crippen molar-refractivity contribution < 1.29 is 5.11 Å². The molecule has 0 aliphatic heterocycles. The molecule has 82 valence electrons. The molecular formula is C12H13N3O. The summed E-state index contributed by atoms with van der Waals surface area (Å²) in [7, 11) is 1.93. The van der Waals surface area contributed by atoms with Crippen molar-refractivity contribution in [2.24, 2.45) is 0 Å². The van der Waals surface area contributed by atoms with Crippen molar-refractivity contribution in [3.63, 3.8) is 0 Å². The highest BCUT2D eigenvalue weighted by atomic mass is 16.3. The van der Waals surface area contributed by atoms with E-state index in [1.54, 1.807) is 12.4 Å². The molecule has 0 fully saturated rings. The monoisotopic (exact) mass is 215 g/mol. The Kier molecular flexibility index (Phi) is 3.12. The lowest BCUT2D eigenvalue weighted by Gasteiger charge is -2.17. The van der Waals surface area contributed by atoms with Crippen molar-refractivity contribution in [1.29, 1.82) is 0 Å². The van der Waals surface area contributed by atoms with Crippen molar-refractivity contribution in [2.75, 3.05) is 11.9 Å². The third-order valence-corrected chi connectivity index (χ3v) is 2.34. The van der Waals surface area contributed by atoms with Crippen LogP contribution in [0.3, 0.4) is 0 Å². The van der Waals surface area contributed by atoms with Gasteiger partial charge in [-0.3, -0.25) is 4.98 Å². The molecule has 0 spiro atoms. The van der Waals surface area contributed by atoms with E-state index in [4.69, 9.17) is 5.11 Å². The number of anilines is 2. The van der Waals surface area contributed by atoms with E-state index in [1.807, 2.05) is 42.3 Å². The summed E-state index contributed by atoms with van der Waals surface area (Å²) in [5, 5.41) is 8.87. The fourth-order valence-electron chi connectivity index (χ4n) is 1.39. The van der Waals surface area contributed by atoms with Crippen LogP contribution in [0, 0.1) is 0 Å². The number of hydrogen-bond donors (Lipinski definition) is 1. The molecule has 2 rings (SSSR count). The molecule has 0 saturated carbocycles. The van der Waals surface area contributed by atoms with Gasteiger partial charge < -0.3 is 10.0 Å². The van der Waals surface area contributed by atoms with Crippen molar-refractivity contribution in [3.05, 3.63) is 48.4 Å². The van der Waals surface area contributed by atoms with Crippen LogP contribution < -0.4 is 4.90 Å². The van der Waals surface area contributed by atoms with Gasteiger partial charge in [0.05, 0.1) is 24.7 Å². The summed E-state index contributed by atoms with van der Waals surface area (Å²) in [6.07, 6.45) is 3.23. The number of para-hydroxylation sites is 1. The normalized spacial score (nSPS) is 10.1. The third kappa shape index (κ3) is 2.17. The quantitative estimate of drug-likeness (QED) is 0.847. The number of rotatable bonds is 3. The van der Waals surface area contributed by atoms with Crippen LogP contribution in [0.25, 0.3) is 0 Å². The van der Waals surface area contributed by atoms with E-state index in [9.17, 15) is 0 Å². The molecule has 1 aromatic heterocycles. The first-order valence-corrected chi connectivity index (χ1v) is 5.02. The van der Waals surface area contributed by atoms with E-state index in [0.717, 1.165) is 11.5 Å². The maximum absolute atomic E-state index is 8.87. The van der Waals surface area contributed by atoms with E-state index in [0.29, 0.717) is 5.69 Å². The van der Waals surface area contributed by atoms with E-state index in [1.165, 1.54) is 0 Å². The van der Waals surface area contributed by atoms with Crippen molar-refractivity contribution >= 4 is 11.5 Å². The molecule has 0 unspecified atom stereocenters. The lowest BCUT2D eigenvalue weighted by atomic mass is 10.3. The average molecular weight is 215 g/mol. The number of hydrogen-bond acceptors (Lipinski definition) is 4. The van der Waals surface area contributed by atoms with Gasteiger partial charge in [0.25, 0.3) is 0 Å². The Morgan fingerprint density at radius 1 is 1.12 bits per heavy atom. The number of aliphatic hydroxyl groups is 1. The van der Waals surface area contributed by atoms with Crippen LogP contribution in [0.4, 0.5) is 11.5 Å². The van der Waals surface area contributed by atoms with E-state index in [-0.39, 0.29) is 6.61 Å². The molecule has 2 aromatic rings. The second-order valence-corrected chi connectivity index (χ2v) is 3.42. The number of benzene rings is 1. The Hall–Kier alpha value is -1.94. The molecule has 0 aliphatic rings. The molecular weight excluding hydrogens is 202 g/mol. The average Bonchev–Trinajstić information content (AvgIpc) is 2.39. The minimum atomic E-state index is -0.0810. The first-order valence-electron chi connectivity index (χ1n) is 5.02. The van der Waals surface area contributed by atoms with Crippen LogP contribution in [-0.4, -0.2) is 22.1 Å². The SMILES string of the molecule is CN(c1ccccc1)c1cnc(CO)cn1. The summed E-state index contributed by atoms with van der Waals surface area (Å²) in [6, 6.07) is 9.92. The summed E-state index contributed by atoms with van der Waals surface area (Å²) < 4.78 is 0. The zero-order valence-electron chi connectivity index (χ0n) is 9.04. The van der Waals surface area contributed by atoms with Gasteiger partial charge in [0, 0.05) is 12.7 Å². The largest absolute Gasteiger partial charge is 0.390 e. The van der Waals surface area contributed by atoms with Crippen LogP contribution in [0.2, 0.25) is 0 Å². The Morgan fingerprint density at radius 3 is 2.44 bits per heavy atom. The zero-order valence-corrected chi connectivity index (χ0v) is 9.04. The summed E-state index contributed by atoms with van der Waals surface area (Å²) in [6.45, 7) is -0.0810. The fourth-order valence-corrected chi connectivity index (χ4v) is 1.39. The van der Waals surface area contributed by atoms with Crippen LogP contribution in [0.1, 0.15) is 5.69 Å². The molecule has 4 nitrogen and oxygen atoms in total. The van der Waals surface area contributed by atoms with Gasteiger partial charge in [0.15, 0.2) is 5.82 Å². The topological polar surface area (TPSA) is 49.2 Å². The minimum absolute atomic E-state index is 0.0810. The summed E-state index contributed by atoms with van der Waals surface area (Å²) in [5.74, 6) is 0.753. The van der Waals surface area contributed by atoms with Crippen molar-refractivity contribution in [3.8, 4) is 0 Å². The van der Waals surface area contributed by atoms with Crippen molar-refractivity contribution in [1.82, 2.24) is 9.97 Å². The molecule has 0 atom stereocenters. The first kappa shape index (κ1) is 10.6. The molecule has 4 heteroatoms. The predicted octanol–water partition coefficient (Wildman–Crippen LogP) is 1.74. The van der Waals surface area contributed by atoms with Gasteiger partial charge in [0.1, 0.15) is 0 Å². The van der Waals surface area contributed by atoms with Gasteiger partial charge in [-0.25, -0.2) is 4.98 Å². The van der Waals surface area contributed by atoms with E-state index < -0.39 is 0 Å². The number of aromatic nitrogens is 2. The standard InChI is InChI=1S/C12H13N3O/c1-15(11-5-3-2-4-6-11)12-8-13-10(9-16)7-14-12/h2-8,16H,9H2,1H3. The zero-order chi connectivity index (χ0) is 11.4. The molecule has 0 saturated heterocycles. The Balaban J connectivity index is 2.24. The van der Waals surface area contributed by atoms with Gasteiger partial charge in [0.2, 0.25) is 0 Å². The fraction of sp³-hybridized carbons (Fsp3) is 0.167. The first-order chi connectivity index (χ1) is 7.81. The summed E-state index contributed by atoms with van der Waals surface area (Å²) >= 11 is 0. The van der Waals surface area contributed by atoms with Crippen LogP contribution in [-0.2, 0) is 6.61 Å². The number of nitrogens with zero attached hydrogens (tertiary/aromatic N) is 3. The molecule has 1 N–H and O–H groups in total. The van der Waals surface area contributed by atoms with E-state index in [2.05, 4.69) is 9.97 Å². The van der Waals surface area contributed by atoms with Crippen LogP contribution in [0.15, 0.2) is 42.7 Å². The molecule has 1 heterocycles. The lowest BCUT2D eigenvalue weighted by molar-refractivity contribution is 0.276. The molecule has 1 aromatic carbocycles. The Bertz CT molecular complexity index is 442. The second kappa shape index (κ2) is 4.72. The van der Waals surface area contributed by atoms with E-state index >= 15 is 0 Å². The molecule has 0 amide bonds. The maximum Gasteiger partial charge on any atom is 0.151 e. The Labute approximate surface area is 94.2 Å². The predicted molar refractivity (Wildman–Crippen MR) is 62.5 cm³/mol. The summed E-state index contributed by atoms with van der Waals surface area (Å²) in [5.41, 5.74) is 1.62. The second-order valence-electron chi connectivity index (χ2n) is 3.42. The van der Waals surface area contributed by atoms with Gasteiger partial charge >= 0.3 is 0 Å². The highest BCUT2D eigenvalue weighted by Gasteiger charge is 2.04. The number of aliphatic hydroxyl groups excluding tert-OH is 1. The van der Waals surface area contributed by atoms with Gasteiger partial charge in [-0.1, -0.05) is 18.2 Å². The molecule has 0 radical (unpaired) electrons. The molecule has 16 heavy (non-hydrogen) atoms. The van der Waals surface area contributed by atoms with Gasteiger partial charge in [-0.15, -0.1) is 0 Å². The Morgan fingerprint density at radius 2 is 1.88 bits per heavy atom. The third-order valence-electron chi connectivity index (χ3n) is 2.34. The smallest absolute Gasteiger partial charge is 0.151 e. The highest BCUT2D eigenvalue weighted by molar-refractivity contribution is 5.57. The molecule has 0 aliphatic carbocycles. The molecule has 0 bridgehead atoms. The van der Waals surface area contributed by atoms with Crippen LogP contribution in [0.5, 0.6) is 0 Å². The highest BCUT2D eigenvalue weighted by Crippen LogP contribution is 2.19. The minimum Gasteiger partial charge on any atom is -0.390 e. The van der Waals surface area contributed by atoms with Gasteiger partial charge in [-0.2, -0.15) is 0 Å².